The quantitative estimate of drug-likeness (QED) is 0.364. The number of nitro groups is 1. The minimum absolute atomic E-state index is 0.00811. The molecule has 106 valence electrons. The smallest absolute Gasteiger partial charge is 0.294 e. The highest BCUT2D eigenvalue weighted by molar-refractivity contribution is 7.89. The van der Waals surface area contributed by atoms with E-state index in [1.165, 1.54) is 19.2 Å². The zero-order chi connectivity index (χ0) is 14.6. The van der Waals surface area contributed by atoms with Crippen molar-refractivity contribution in [3.63, 3.8) is 0 Å². The Labute approximate surface area is 109 Å². The van der Waals surface area contributed by atoms with Gasteiger partial charge in [0.05, 0.1) is 16.4 Å². The highest BCUT2D eigenvalue weighted by Gasteiger charge is 2.24. The Morgan fingerprint density at radius 2 is 2.16 bits per heavy atom. The van der Waals surface area contributed by atoms with Gasteiger partial charge in [0.2, 0.25) is 10.0 Å². The van der Waals surface area contributed by atoms with Gasteiger partial charge in [-0.1, -0.05) is 0 Å². The zero-order valence-electron chi connectivity index (χ0n) is 10.1. The van der Waals surface area contributed by atoms with E-state index in [2.05, 4.69) is 5.43 Å². The van der Waals surface area contributed by atoms with Gasteiger partial charge in [-0.05, 0) is 12.1 Å². The van der Waals surface area contributed by atoms with Crippen LogP contribution in [-0.4, -0.2) is 43.0 Å². The number of aliphatic hydroxyl groups excluding tert-OH is 1. The first-order valence-electron chi connectivity index (χ1n) is 5.17. The molecule has 0 saturated carbocycles. The van der Waals surface area contributed by atoms with Crippen molar-refractivity contribution >= 4 is 21.4 Å². The largest absolute Gasteiger partial charge is 0.395 e. The van der Waals surface area contributed by atoms with E-state index in [0.717, 1.165) is 10.4 Å². The van der Waals surface area contributed by atoms with Crippen LogP contribution in [0.15, 0.2) is 23.1 Å². The van der Waals surface area contributed by atoms with Gasteiger partial charge in [-0.25, -0.2) is 8.42 Å². The second-order valence-corrected chi connectivity index (χ2v) is 5.68. The van der Waals surface area contributed by atoms with Crippen LogP contribution in [0.3, 0.4) is 0 Å². The van der Waals surface area contributed by atoms with E-state index in [9.17, 15) is 18.5 Å². The molecule has 0 saturated heterocycles. The summed E-state index contributed by atoms with van der Waals surface area (Å²) in [5.41, 5.74) is 1.68. The van der Waals surface area contributed by atoms with E-state index in [4.69, 9.17) is 10.9 Å². The third-order valence-electron chi connectivity index (χ3n) is 2.44. The molecule has 0 amide bonds. The van der Waals surface area contributed by atoms with E-state index < -0.39 is 20.6 Å². The van der Waals surface area contributed by atoms with Crippen LogP contribution in [0, 0.1) is 10.1 Å². The predicted octanol–water partition coefficient (Wildman–Crippen LogP) is -0.507. The van der Waals surface area contributed by atoms with Gasteiger partial charge in [0, 0.05) is 19.7 Å². The summed E-state index contributed by atoms with van der Waals surface area (Å²) < 4.78 is 25.0. The fourth-order valence-corrected chi connectivity index (χ4v) is 2.57. The Morgan fingerprint density at radius 3 is 2.63 bits per heavy atom. The van der Waals surface area contributed by atoms with E-state index in [1.807, 2.05) is 0 Å². The van der Waals surface area contributed by atoms with E-state index in [1.54, 1.807) is 0 Å². The van der Waals surface area contributed by atoms with Crippen molar-refractivity contribution in [2.24, 2.45) is 5.84 Å². The summed E-state index contributed by atoms with van der Waals surface area (Å²) in [6, 6.07) is 3.32. The van der Waals surface area contributed by atoms with Crippen molar-refractivity contribution in [1.82, 2.24) is 4.31 Å². The van der Waals surface area contributed by atoms with Crippen molar-refractivity contribution < 1.29 is 18.4 Å². The number of rotatable bonds is 6. The molecule has 0 aliphatic rings. The molecule has 0 bridgehead atoms. The summed E-state index contributed by atoms with van der Waals surface area (Å²) in [6.45, 7) is -0.451. The number of benzene rings is 1. The molecule has 10 heteroatoms. The number of likely N-dealkylation sites (N-methyl/N-ethyl adjacent to an activating group) is 1. The molecule has 0 atom stereocenters. The lowest BCUT2D eigenvalue weighted by Crippen LogP contribution is -2.29. The highest BCUT2D eigenvalue weighted by atomic mass is 32.2. The molecule has 4 N–H and O–H groups in total. The van der Waals surface area contributed by atoms with Crippen LogP contribution in [0.2, 0.25) is 0 Å². The van der Waals surface area contributed by atoms with Crippen molar-refractivity contribution in [3.05, 3.63) is 28.3 Å². The molecule has 0 aliphatic heterocycles. The summed E-state index contributed by atoms with van der Waals surface area (Å²) in [6.07, 6.45) is 0. The number of aliphatic hydroxyl groups is 1. The number of hydrogen-bond acceptors (Lipinski definition) is 7. The molecule has 9 nitrogen and oxygen atoms in total. The summed E-state index contributed by atoms with van der Waals surface area (Å²) in [7, 11) is -2.61. The highest BCUT2D eigenvalue weighted by Crippen LogP contribution is 2.27. The number of hydrogen-bond donors (Lipinski definition) is 3. The molecule has 0 fully saturated rings. The number of hydrazine groups is 1. The number of nitrogens with zero attached hydrogens (tertiary/aromatic N) is 2. The van der Waals surface area contributed by atoms with Crippen molar-refractivity contribution in [2.45, 2.75) is 4.90 Å². The lowest BCUT2D eigenvalue weighted by atomic mass is 10.3. The van der Waals surface area contributed by atoms with E-state index >= 15 is 0 Å². The van der Waals surface area contributed by atoms with Gasteiger partial charge < -0.3 is 10.5 Å². The topological polar surface area (TPSA) is 139 Å². The third-order valence-corrected chi connectivity index (χ3v) is 4.30. The van der Waals surface area contributed by atoms with Crippen LogP contribution in [0.25, 0.3) is 0 Å². The Morgan fingerprint density at radius 1 is 1.53 bits per heavy atom. The van der Waals surface area contributed by atoms with E-state index in [0.29, 0.717) is 0 Å². The molecule has 0 spiro atoms. The molecule has 0 aromatic heterocycles. The SMILES string of the molecule is CN(CCO)S(=O)(=O)c1ccc(NN)c([N+](=O)[O-])c1. The predicted molar refractivity (Wildman–Crippen MR) is 67.8 cm³/mol. The van der Waals surface area contributed by atoms with Gasteiger partial charge in [0.1, 0.15) is 5.69 Å². The van der Waals surface area contributed by atoms with Crippen LogP contribution in [-0.2, 0) is 10.0 Å². The zero-order valence-corrected chi connectivity index (χ0v) is 10.9. The van der Waals surface area contributed by atoms with Gasteiger partial charge in [-0.15, -0.1) is 0 Å². The van der Waals surface area contributed by atoms with Gasteiger partial charge in [-0.3, -0.25) is 16.0 Å². The number of nitro benzene ring substituents is 1. The Hall–Kier alpha value is -1.75. The van der Waals surface area contributed by atoms with E-state index in [-0.39, 0.29) is 23.7 Å². The normalized spacial score (nSPS) is 11.6. The van der Waals surface area contributed by atoms with Crippen molar-refractivity contribution in [1.29, 1.82) is 0 Å². The molecule has 0 radical (unpaired) electrons. The van der Waals surface area contributed by atoms with Crippen LogP contribution in [0.1, 0.15) is 0 Å². The third kappa shape index (κ3) is 3.17. The number of nitrogens with one attached hydrogen (secondary N) is 1. The molecule has 1 aromatic rings. The maximum Gasteiger partial charge on any atom is 0.294 e. The maximum atomic E-state index is 12.0. The van der Waals surface area contributed by atoms with Gasteiger partial charge in [-0.2, -0.15) is 4.31 Å². The summed E-state index contributed by atoms with van der Waals surface area (Å²) in [5.74, 6) is 5.11. The van der Waals surface area contributed by atoms with Crippen LogP contribution in [0.4, 0.5) is 11.4 Å². The molecule has 1 aromatic carbocycles. The first kappa shape index (κ1) is 15.3. The average molecular weight is 290 g/mol. The summed E-state index contributed by atoms with van der Waals surface area (Å²) >= 11 is 0. The average Bonchev–Trinajstić information content (AvgIpc) is 2.38. The molecular formula is C9H14N4O5S. The Kier molecular flexibility index (Phi) is 4.78. The standard InChI is InChI=1S/C9H14N4O5S/c1-12(4-5-14)19(17,18)7-2-3-8(11-10)9(6-7)13(15)16/h2-3,6,11,14H,4-5,10H2,1H3. The van der Waals surface area contributed by atoms with Crippen LogP contribution in [0.5, 0.6) is 0 Å². The fourth-order valence-electron chi connectivity index (χ4n) is 1.39. The Bertz CT molecular complexity index is 574. The van der Waals surface area contributed by atoms with Crippen molar-refractivity contribution in [3.8, 4) is 0 Å². The van der Waals surface area contributed by atoms with Crippen LogP contribution >= 0.6 is 0 Å². The summed E-state index contributed by atoms with van der Waals surface area (Å²) in [5, 5.41) is 19.5. The molecule has 0 aliphatic carbocycles. The monoisotopic (exact) mass is 290 g/mol. The number of nitrogens with two attached hydrogens (primary N) is 1. The second-order valence-electron chi connectivity index (χ2n) is 3.63. The number of nitrogen functional groups attached to an aromatic ring is 1. The first-order chi connectivity index (χ1) is 8.84. The maximum absolute atomic E-state index is 12.0. The summed E-state index contributed by atoms with van der Waals surface area (Å²) in [4.78, 5) is 9.84. The molecule has 1 rings (SSSR count). The molecule has 0 heterocycles. The molecular weight excluding hydrogens is 276 g/mol. The first-order valence-corrected chi connectivity index (χ1v) is 6.61. The van der Waals surface area contributed by atoms with Crippen molar-refractivity contribution in [2.75, 3.05) is 25.6 Å². The molecule has 0 unspecified atom stereocenters. The second kappa shape index (κ2) is 5.93. The Balaban J connectivity index is 3.29. The molecule has 19 heavy (non-hydrogen) atoms. The lowest BCUT2D eigenvalue weighted by Gasteiger charge is -2.16. The van der Waals surface area contributed by atoms with Crippen LogP contribution < -0.4 is 11.3 Å². The van der Waals surface area contributed by atoms with Gasteiger partial charge >= 0.3 is 0 Å². The van der Waals surface area contributed by atoms with Gasteiger partial charge in [0.15, 0.2) is 0 Å². The lowest BCUT2D eigenvalue weighted by molar-refractivity contribution is -0.384. The fraction of sp³-hybridized carbons (Fsp3) is 0.333. The minimum atomic E-state index is -3.88. The number of sulfonamides is 1. The van der Waals surface area contributed by atoms with Gasteiger partial charge in [0.25, 0.3) is 5.69 Å². The minimum Gasteiger partial charge on any atom is -0.395 e. The number of anilines is 1.